The Morgan fingerprint density at radius 2 is 2.07 bits per heavy atom. The molecule has 2 aromatic rings. The highest BCUT2D eigenvalue weighted by atomic mass is 32.1. The van der Waals surface area contributed by atoms with Crippen LogP contribution in [-0.4, -0.2) is 12.1 Å². The molecule has 1 atom stereocenters. The summed E-state index contributed by atoms with van der Waals surface area (Å²) in [5, 5.41) is 11.8. The first kappa shape index (κ1) is 9.15. The lowest BCUT2D eigenvalue weighted by Gasteiger charge is -2.09. The van der Waals surface area contributed by atoms with Crippen LogP contribution in [0.3, 0.4) is 0 Å². The van der Waals surface area contributed by atoms with Crippen molar-refractivity contribution in [2.24, 2.45) is 0 Å². The van der Waals surface area contributed by atoms with Crippen LogP contribution < -0.4 is 5.46 Å². The van der Waals surface area contributed by atoms with E-state index in [1.165, 1.54) is 0 Å². The zero-order valence-electron chi connectivity index (χ0n) is 7.96. The Morgan fingerprint density at radius 1 is 1.20 bits per heavy atom. The molecule has 0 aliphatic carbocycles. The maximum atomic E-state index is 9.73. The molecule has 0 radical (unpaired) electrons. The zero-order valence-corrected chi connectivity index (χ0v) is 8.78. The molecule has 1 unspecified atom stereocenters. The largest absolute Gasteiger partial charge is 0.492 e. The van der Waals surface area contributed by atoms with E-state index in [1.807, 2.05) is 41.8 Å². The molecule has 1 aliphatic rings. The van der Waals surface area contributed by atoms with Crippen LogP contribution in [-0.2, 0) is 4.65 Å². The van der Waals surface area contributed by atoms with E-state index in [9.17, 15) is 5.02 Å². The van der Waals surface area contributed by atoms with Crippen LogP contribution in [0.25, 0.3) is 0 Å². The second-order valence-corrected chi connectivity index (χ2v) is 4.49. The minimum absolute atomic E-state index is 0.101. The van der Waals surface area contributed by atoms with Crippen molar-refractivity contribution >= 4 is 23.9 Å². The molecule has 2 heterocycles. The van der Waals surface area contributed by atoms with Crippen molar-refractivity contribution in [1.29, 1.82) is 0 Å². The third kappa shape index (κ3) is 1.42. The maximum Gasteiger partial charge on any atom is 0.492 e. The molecule has 0 bridgehead atoms. The van der Waals surface area contributed by atoms with Crippen molar-refractivity contribution in [3.8, 4) is 0 Å². The summed E-state index contributed by atoms with van der Waals surface area (Å²) in [6.45, 7) is 0. The maximum absolute atomic E-state index is 9.73. The fourth-order valence-electron chi connectivity index (χ4n) is 1.91. The molecule has 0 spiro atoms. The van der Waals surface area contributed by atoms with E-state index in [4.69, 9.17) is 4.65 Å². The monoisotopic (exact) mass is 216 g/mol. The average Bonchev–Trinajstić information content (AvgIpc) is 2.87. The van der Waals surface area contributed by atoms with E-state index in [0.717, 1.165) is 15.9 Å². The topological polar surface area (TPSA) is 29.5 Å². The SMILES string of the molecule is OB1OC(c2cccs2)c2ccccc21. The van der Waals surface area contributed by atoms with Crippen LogP contribution in [0.1, 0.15) is 16.5 Å². The second kappa shape index (κ2) is 3.49. The predicted octanol–water partition coefficient (Wildman–Crippen LogP) is 1.56. The molecule has 0 fully saturated rings. The molecule has 0 saturated carbocycles. The molecular weight excluding hydrogens is 207 g/mol. The highest BCUT2D eigenvalue weighted by Gasteiger charge is 2.35. The lowest BCUT2D eigenvalue weighted by molar-refractivity contribution is 0.230. The fourth-order valence-corrected chi connectivity index (χ4v) is 2.69. The van der Waals surface area contributed by atoms with Gasteiger partial charge in [0.1, 0.15) is 6.10 Å². The zero-order chi connectivity index (χ0) is 10.3. The first-order valence-corrected chi connectivity index (χ1v) is 5.70. The van der Waals surface area contributed by atoms with Crippen LogP contribution in [0.5, 0.6) is 0 Å². The Balaban J connectivity index is 2.09. The Kier molecular flexibility index (Phi) is 2.13. The standard InChI is InChI=1S/C11H9BO2S/c13-12-9-5-2-1-4-8(9)11(14-12)10-6-3-7-15-10/h1-7,11,13H. The lowest BCUT2D eigenvalue weighted by atomic mass is 9.79. The highest BCUT2D eigenvalue weighted by molar-refractivity contribution is 7.10. The van der Waals surface area contributed by atoms with Gasteiger partial charge in [0.15, 0.2) is 0 Å². The minimum Gasteiger partial charge on any atom is -0.423 e. The van der Waals surface area contributed by atoms with E-state index in [-0.39, 0.29) is 6.10 Å². The molecule has 15 heavy (non-hydrogen) atoms. The smallest absolute Gasteiger partial charge is 0.423 e. The predicted molar refractivity (Wildman–Crippen MR) is 61.3 cm³/mol. The van der Waals surface area contributed by atoms with Gasteiger partial charge in [-0.2, -0.15) is 0 Å². The van der Waals surface area contributed by atoms with Crippen LogP contribution in [0.2, 0.25) is 0 Å². The average molecular weight is 216 g/mol. The molecule has 3 rings (SSSR count). The molecule has 1 aromatic carbocycles. The van der Waals surface area contributed by atoms with Gasteiger partial charge >= 0.3 is 7.12 Å². The summed E-state index contributed by atoms with van der Waals surface area (Å²) in [5.41, 5.74) is 1.96. The molecule has 0 saturated heterocycles. The summed E-state index contributed by atoms with van der Waals surface area (Å²) in [4.78, 5) is 1.14. The molecule has 1 N–H and O–H groups in total. The molecule has 2 nitrogen and oxygen atoms in total. The summed E-state index contributed by atoms with van der Waals surface area (Å²) >= 11 is 1.65. The quantitative estimate of drug-likeness (QED) is 0.733. The van der Waals surface area contributed by atoms with Crippen molar-refractivity contribution in [2.45, 2.75) is 6.10 Å². The number of benzene rings is 1. The normalized spacial score (nSPS) is 19.3. The number of hydrogen-bond acceptors (Lipinski definition) is 3. The molecular formula is C11H9BO2S. The Bertz CT molecular complexity index is 469. The van der Waals surface area contributed by atoms with Gasteiger partial charge in [0.05, 0.1) is 0 Å². The number of fused-ring (bicyclic) bond motifs is 1. The summed E-state index contributed by atoms with van der Waals surface area (Å²) in [5.74, 6) is 0. The van der Waals surface area contributed by atoms with Gasteiger partial charge in [-0.1, -0.05) is 30.3 Å². The lowest BCUT2D eigenvalue weighted by Crippen LogP contribution is -2.27. The van der Waals surface area contributed by atoms with Crippen molar-refractivity contribution in [2.75, 3.05) is 0 Å². The van der Waals surface area contributed by atoms with Gasteiger partial charge < -0.3 is 9.68 Å². The first-order valence-electron chi connectivity index (χ1n) is 4.82. The molecule has 74 valence electrons. The van der Waals surface area contributed by atoms with Crippen molar-refractivity contribution < 1.29 is 9.68 Å². The van der Waals surface area contributed by atoms with E-state index in [2.05, 4.69) is 0 Å². The molecule has 1 aliphatic heterocycles. The first-order chi connectivity index (χ1) is 7.36. The van der Waals surface area contributed by atoms with Gasteiger partial charge in [0.2, 0.25) is 0 Å². The van der Waals surface area contributed by atoms with Gasteiger partial charge in [-0.3, -0.25) is 0 Å². The molecule has 0 amide bonds. The van der Waals surface area contributed by atoms with Crippen LogP contribution in [0, 0.1) is 0 Å². The van der Waals surface area contributed by atoms with E-state index >= 15 is 0 Å². The van der Waals surface area contributed by atoms with E-state index < -0.39 is 7.12 Å². The minimum atomic E-state index is -0.784. The third-order valence-electron chi connectivity index (χ3n) is 2.61. The summed E-state index contributed by atoms with van der Waals surface area (Å²) in [6, 6.07) is 11.8. The Morgan fingerprint density at radius 3 is 2.87 bits per heavy atom. The fraction of sp³-hybridized carbons (Fsp3) is 0.0909. The number of thiophene rings is 1. The highest BCUT2D eigenvalue weighted by Crippen LogP contribution is 2.32. The number of rotatable bonds is 1. The van der Waals surface area contributed by atoms with Crippen molar-refractivity contribution in [1.82, 2.24) is 0 Å². The second-order valence-electron chi connectivity index (χ2n) is 3.51. The third-order valence-corrected chi connectivity index (χ3v) is 3.53. The van der Waals surface area contributed by atoms with Gasteiger partial charge in [0.25, 0.3) is 0 Å². The van der Waals surface area contributed by atoms with E-state index in [0.29, 0.717) is 0 Å². The van der Waals surface area contributed by atoms with Crippen LogP contribution in [0.4, 0.5) is 0 Å². The van der Waals surface area contributed by atoms with E-state index in [1.54, 1.807) is 11.3 Å². The Hall–Kier alpha value is -1.10. The van der Waals surface area contributed by atoms with Crippen molar-refractivity contribution in [3.05, 3.63) is 52.2 Å². The van der Waals surface area contributed by atoms with Gasteiger partial charge in [-0.05, 0) is 22.5 Å². The molecule has 4 heteroatoms. The summed E-state index contributed by atoms with van der Waals surface area (Å²) < 4.78 is 5.54. The summed E-state index contributed by atoms with van der Waals surface area (Å²) in [6.07, 6.45) is -0.101. The Labute approximate surface area is 92.3 Å². The molecule has 1 aromatic heterocycles. The van der Waals surface area contributed by atoms with Gasteiger partial charge in [0, 0.05) is 4.88 Å². The summed E-state index contributed by atoms with van der Waals surface area (Å²) in [7, 11) is -0.784. The van der Waals surface area contributed by atoms with Gasteiger partial charge in [-0.25, -0.2) is 0 Å². The number of hydrogen-bond donors (Lipinski definition) is 1. The van der Waals surface area contributed by atoms with Gasteiger partial charge in [-0.15, -0.1) is 11.3 Å². The van der Waals surface area contributed by atoms with Crippen molar-refractivity contribution in [3.63, 3.8) is 0 Å². The van der Waals surface area contributed by atoms with Crippen LogP contribution in [0.15, 0.2) is 41.8 Å². The van der Waals surface area contributed by atoms with Crippen LogP contribution >= 0.6 is 11.3 Å².